The summed E-state index contributed by atoms with van der Waals surface area (Å²) < 4.78 is 0. The van der Waals surface area contributed by atoms with Crippen LogP contribution < -0.4 is 5.32 Å². The smallest absolute Gasteiger partial charge is 0.163 e. The van der Waals surface area contributed by atoms with Crippen molar-refractivity contribution in [1.29, 1.82) is 0 Å². The highest BCUT2D eigenvalue weighted by Crippen LogP contribution is 2.60. The van der Waals surface area contributed by atoms with Gasteiger partial charge in [-0.2, -0.15) is 0 Å². The highest BCUT2D eigenvalue weighted by Gasteiger charge is 2.54. The summed E-state index contributed by atoms with van der Waals surface area (Å²) in [5.41, 5.74) is 4.06. The summed E-state index contributed by atoms with van der Waals surface area (Å²) in [5, 5.41) is 13.2. The molecule has 0 radical (unpaired) electrons. The normalized spacial score (nSPS) is 37.1. The molecule has 0 amide bonds. The van der Waals surface area contributed by atoms with Crippen LogP contribution in [0.4, 0.5) is 0 Å². The molecule has 0 spiro atoms. The standard InChI is InChI=1S/C24H31NO2/c1-23(2)13-19-4-3-15(14-26)8-20(19)21(25-23)9-22(27)24-10-16-5-17(11-24)7-18(6-16)12-24/h3-4,8-9,16-18,25-26H,5-7,10-14H2,1-2H3/b21-9-. The van der Waals surface area contributed by atoms with Crippen molar-refractivity contribution in [2.24, 2.45) is 23.2 Å². The van der Waals surface area contributed by atoms with Gasteiger partial charge >= 0.3 is 0 Å². The molecular weight excluding hydrogens is 334 g/mol. The number of benzene rings is 1. The number of ketones is 1. The minimum absolute atomic E-state index is 0.0346. The fourth-order valence-corrected chi connectivity index (χ4v) is 6.89. The van der Waals surface area contributed by atoms with Gasteiger partial charge in [0.1, 0.15) is 0 Å². The summed E-state index contributed by atoms with van der Waals surface area (Å²) in [4.78, 5) is 13.6. The number of carbonyl (C=O) groups excluding carboxylic acids is 1. The van der Waals surface area contributed by atoms with Gasteiger partial charge in [-0.1, -0.05) is 12.1 Å². The van der Waals surface area contributed by atoms with Crippen LogP contribution in [-0.2, 0) is 17.8 Å². The Morgan fingerprint density at radius 3 is 2.37 bits per heavy atom. The van der Waals surface area contributed by atoms with Crippen LogP contribution in [0, 0.1) is 23.2 Å². The summed E-state index contributed by atoms with van der Waals surface area (Å²) in [6, 6.07) is 6.17. The van der Waals surface area contributed by atoms with Gasteiger partial charge in [0.2, 0.25) is 0 Å². The van der Waals surface area contributed by atoms with Gasteiger partial charge in [-0.3, -0.25) is 4.79 Å². The van der Waals surface area contributed by atoms with Gasteiger partial charge in [0.05, 0.1) is 6.61 Å². The van der Waals surface area contributed by atoms with Gasteiger partial charge in [-0.05, 0) is 93.7 Å². The van der Waals surface area contributed by atoms with Crippen molar-refractivity contribution in [3.63, 3.8) is 0 Å². The van der Waals surface area contributed by atoms with E-state index >= 15 is 0 Å². The minimum atomic E-state index is -0.0974. The predicted octanol–water partition coefficient (Wildman–Crippen LogP) is 4.23. The maximum absolute atomic E-state index is 13.6. The Morgan fingerprint density at radius 2 is 1.78 bits per heavy atom. The van der Waals surface area contributed by atoms with Crippen LogP contribution in [-0.4, -0.2) is 16.4 Å². The fraction of sp³-hybridized carbons (Fsp3) is 0.625. The third kappa shape index (κ3) is 2.95. The second-order valence-corrected chi connectivity index (χ2v) is 10.5. The molecule has 4 aliphatic carbocycles. The van der Waals surface area contributed by atoms with E-state index in [-0.39, 0.29) is 17.6 Å². The van der Waals surface area contributed by atoms with Crippen LogP contribution in [0.5, 0.6) is 0 Å². The predicted molar refractivity (Wildman–Crippen MR) is 107 cm³/mol. The number of hydrogen-bond donors (Lipinski definition) is 2. The molecule has 3 heteroatoms. The average molecular weight is 366 g/mol. The van der Waals surface area contributed by atoms with E-state index in [2.05, 4.69) is 31.3 Å². The van der Waals surface area contributed by atoms with Crippen molar-refractivity contribution >= 4 is 11.5 Å². The van der Waals surface area contributed by atoms with Crippen molar-refractivity contribution in [3.8, 4) is 0 Å². The van der Waals surface area contributed by atoms with E-state index in [1.54, 1.807) is 0 Å². The number of aliphatic hydroxyl groups excluding tert-OH is 1. The van der Waals surface area contributed by atoms with Crippen LogP contribution in [0.1, 0.15) is 69.1 Å². The summed E-state index contributed by atoms with van der Waals surface area (Å²) in [6.07, 6.45) is 10.2. The second-order valence-electron chi connectivity index (χ2n) is 10.5. The minimum Gasteiger partial charge on any atom is -0.392 e. The molecule has 0 unspecified atom stereocenters. The third-order valence-electron chi connectivity index (χ3n) is 7.59. The molecule has 1 aromatic carbocycles. The summed E-state index contributed by atoms with van der Waals surface area (Å²) in [6.45, 7) is 4.42. The van der Waals surface area contributed by atoms with Gasteiger partial charge in [-0.25, -0.2) is 0 Å². The van der Waals surface area contributed by atoms with Gasteiger partial charge in [0.15, 0.2) is 5.78 Å². The van der Waals surface area contributed by atoms with Crippen LogP contribution >= 0.6 is 0 Å². The number of hydrogen-bond acceptors (Lipinski definition) is 3. The number of fused-ring (bicyclic) bond motifs is 1. The van der Waals surface area contributed by atoms with E-state index in [1.807, 2.05) is 12.1 Å². The first-order valence-corrected chi connectivity index (χ1v) is 10.6. The van der Waals surface area contributed by atoms with E-state index in [9.17, 15) is 9.90 Å². The number of nitrogens with one attached hydrogen (secondary N) is 1. The SMILES string of the molecule is CC1(C)Cc2ccc(CO)cc2/C(=C/C(=O)C23CC4CC(CC(C4)C2)C3)N1. The third-order valence-corrected chi connectivity index (χ3v) is 7.59. The Morgan fingerprint density at radius 1 is 1.15 bits per heavy atom. The Kier molecular flexibility index (Phi) is 3.85. The second kappa shape index (κ2) is 5.94. The first-order chi connectivity index (χ1) is 12.9. The van der Waals surface area contributed by atoms with E-state index in [4.69, 9.17) is 0 Å². The van der Waals surface area contributed by atoms with Gasteiger partial charge in [-0.15, -0.1) is 0 Å². The number of carbonyl (C=O) groups is 1. The monoisotopic (exact) mass is 365 g/mol. The molecule has 144 valence electrons. The van der Waals surface area contributed by atoms with Crippen molar-refractivity contribution in [1.82, 2.24) is 5.32 Å². The quantitative estimate of drug-likeness (QED) is 0.788. The average Bonchev–Trinajstić information content (AvgIpc) is 2.59. The Bertz CT molecular complexity index is 784. The van der Waals surface area contributed by atoms with E-state index in [1.165, 1.54) is 24.8 Å². The number of aliphatic hydroxyl groups is 1. The molecule has 1 heterocycles. The van der Waals surface area contributed by atoms with Crippen LogP contribution in [0.2, 0.25) is 0 Å². The van der Waals surface area contributed by atoms with Gasteiger partial charge < -0.3 is 10.4 Å². The van der Waals surface area contributed by atoms with E-state index in [0.717, 1.165) is 60.3 Å². The molecular formula is C24H31NO2. The molecule has 5 aliphatic rings. The van der Waals surface area contributed by atoms with E-state index < -0.39 is 0 Å². The highest BCUT2D eigenvalue weighted by atomic mass is 16.3. The first kappa shape index (κ1) is 17.5. The molecule has 27 heavy (non-hydrogen) atoms. The molecule has 1 aromatic rings. The molecule has 4 bridgehead atoms. The van der Waals surface area contributed by atoms with Crippen molar-refractivity contribution in [2.45, 2.75) is 70.9 Å². The molecule has 0 aromatic heterocycles. The Hall–Kier alpha value is -1.61. The topological polar surface area (TPSA) is 49.3 Å². The summed E-state index contributed by atoms with van der Waals surface area (Å²) >= 11 is 0. The van der Waals surface area contributed by atoms with Crippen molar-refractivity contribution < 1.29 is 9.90 Å². The Labute approximate surface area is 162 Å². The maximum atomic E-state index is 13.6. The first-order valence-electron chi connectivity index (χ1n) is 10.6. The molecule has 1 aliphatic heterocycles. The molecule has 4 fully saturated rings. The lowest BCUT2D eigenvalue weighted by Gasteiger charge is -2.55. The van der Waals surface area contributed by atoms with Gasteiger partial charge in [0.25, 0.3) is 0 Å². The maximum Gasteiger partial charge on any atom is 0.163 e. The van der Waals surface area contributed by atoms with Crippen molar-refractivity contribution in [2.75, 3.05) is 0 Å². The lowest BCUT2D eigenvalue weighted by Crippen LogP contribution is -2.50. The van der Waals surface area contributed by atoms with Crippen LogP contribution in [0.15, 0.2) is 24.3 Å². The molecule has 3 nitrogen and oxygen atoms in total. The largest absolute Gasteiger partial charge is 0.392 e. The molecule has 6 rings (SSSR count). The molecule has 4 saturated carbocycles. The highest BCUT2D eigenvalue weighted by molar-refractivity contribution is 6.01. The molecule has 2 N–H and O–H groups in total. The van der Waals surface area contributed by atoms with Crippen LogP contribution in [0.25, 0.3) is 5.70 Å². The zero-order valence-electron chi connectivity index (χ0n) is 16.6. The Balaban J connectivity index is 1.52. The number of rotatable bonds is 3. The lowest BCUT2D eigenvalue weighted by molar-refractivity contribution is -0.138. The fourth-order valence-electron chi connectivity index (χ4n) is 6.89. The summed E-state index contributed by atoms with van der Waals surface area (Å²) in [5.74, 6) is 2.69. The molecule has 0 saturated heterocycles. The zero-order valence-corrected chi connectivity index (χ0v) is 16.6. The van der Waals surface area contributed by atoms with Crippen molar-refractivity contribution in [3.05, 3.63) is 41.0 Å². The van der Waals surface area contributed by atoms with Crippen LogP contribution in [0.3, 0.4) is 0 Å². The van der Waals surface area contributed by atoms with Gasteiger partial charge in [0, 0.05) is 28.3 Å². The van der Waals surface area contributed by atoms with E-state index in [0.29, 0.717) is 5.78 Å². The zero-order chi connectivity index (χ0) is 18.8. The number of allylic oxidation sites excluding steroid dienone is 1. The summed E-state index contributed by atoms with van der Waals surface area (Å²) in [7, 11) is 0. The lowest BCUT2D eigenvalue weighted by atomic mass is 9.48. The molecule has 0 atom stereocenters.